The van der Waals surface area contributed by atoms with Crippen molar-refractivity contribution >= 4 is 5.82 Å². The van der Waals surface area contributed by atoms with Gasteiger partial charge in [-0.1, -0.05) is 31.2 Å². The average Bonchev–Trinajstić information content (AvgIpc) is 2.92. The molecule has 0 saturated heterocycles. The minimum Gasteiger partial charge on any atom is -0.370 e. The highest BCUT2D eigenvalue weighted by Crippen LogP contribution is 2.33. The third kappa shape index (κ3) is 2.78. The first kappa shape index (κ1) is 14.1. The lowest BCUT2D eigenvalue weighted by Gasteiger charge is -2.14. The number of hydrogen-bond donors (Lipinski definition) is 1. The van der Waals surface area contributed by atoms with Crippen LogP contribution in [0.15, 0.2) is 24.3 Å². The van der Waals surface area contributed by atoms with Crippen LogP contribution in [-0.4, -0.2) is 16.5 Å². The minimum atomic E-state index is 0.420. The van der Waals surface area contributed by atoms with Crippen molar-refractivity contribution in [3.05, 3.63) is 52.5 Å². The Kier molecular flexibility index (Phi) is 3.91. The highest BCUT2D eigenvalue weighted by atomic mass is 15.0. The van der Waals surface area contributed by atoms with Crippen LogP contribution < -0.4 is 5.32 Å². The van der Waals surface area contributed by atoms with E-state index in [0.717, 1.165) is 43.1 Å². The predicted molar refractivity (Wildman–Crippen MR) is 86.9 cm³/mol. The molecule has 0 fully saturated rings. The number of benzene rings is 1. The van der Waals surface area contributed by atoms with E-state index in [9.17, 15) is 0 Å². The van der Waals surface area contributed by atoms with Crippen molar-refractivity contribution in [2.75, 3.05) is 11.9 Å². The largest absolute Gasteiger partial charge is 0.370 e. The molecule has 1 heterocycles. The highest BCUT2D eigenvalue weighted by Gasteiger charge is 2.25. The van der Waals surface area contributed by atoms with E-state index >= 15 is 0 Å². The van der Waals surface area contributed by atoms with Crippen molar-refractivity contribution < 1.29 is 0 Å². The van der Waals surface area contributed by atoms with E-state index in [0.29, 0.717) is 5.92 Å². The Morgan fingerprint density at radius 3 is 2.38 bits per heavy atom. The van der Waals surface area contributed by atoms with E-state index in [-0.39, 0.29) is 0 Å². The normalized spacial score (nSPS) is 14.2. The summed E-state index contributed by atoms with van der Waals surface area (Å²) in [7, 11) is 0. The Hall–Kier alpha value is -1.90. The SMILES string of the molecule is CCCNc1nc(C2Cc3ccccc3C2)nc(C)c1C. The van der Waals surface area contributed by atoms with E-state index < -0.39 is 0 Å². The molecule has 21 heavy (non-hydrogen) atoms. The predicted octanol–water partition coefficient (Wildman–Crippen LogP) is 3.80. The van der Waals surface area contributed by atoms with E-state index in [4.69, 9.17) is 9.97 Å². The van der Waals surface area contributed by atoms with Gasteiger partial charge in [0.05, 0.1) is 0 Å². The van der Waals surface area contributed by atoms with Gasteiger partial charge >= 0.3 is 0 Å². The Labute approximate surface area is 126 Å². The monoisotopic (exact) mass is 281 g/mol. The molecule has 1 aliphatic rings. The third-order valence-electron chi connectivity index (χ3n) is 4.37. The van der Waals surface area contributed by atoms with Crippen LogP contribution in [0, 0.1) is 13.8 Å². The number of nitrogens with one attached hydrogen (secondary N) is 1. The maximum atomic E-state index is 4.81. The molecule has 0 aliphatic heterocycles. The second-order valence-electron chi connectivity index (χ2n) is 5.94. The molecule has 0 spiro atoms. The second-order valence-corrected chi connectivity index (χ2v) is 5.94. The van der Waals surface area contributed by atoms with Gasteiger partial charge in [-0.15, -0.1) is 0 Å². The van der Waals surface area contributed by atoms with Crippen LogP contribution in [0.1, 0.15) is 47.5 Å². The summed E-state index contributed by atoms with van der Waals surface area (Å²) in [6.07, 6.45) is 3.23. The third-order valence-corrected chi connectivity index (χ3v) is 4.37. The molecule has 0 radical (unpaired) electrons. The van der Waals surface area contributed by atoms with Gasteiger partial charge in [-0.3, -0.25) is 0 Å². The fourth-order valence-corrected chi connectivity index (χ4v) is 2.99. The molecule has 110 valence electrons. The number of fused-ring (bicyclic) bond motifs is 1. The van der Waals surface area contributed by atoms with Crippen molar-refractivity contribution in [3.63, 3.8) is 0 Å². The zero-order valence-corrected chi connectivity index (χ0v) is 13.1. The Morgan fingerprint density at radius 2 is 1.76 bits per heavy atom. The van der Waals surface area contributed by atoms with Crippen molar-refractivity contribution in [2.24, 2.45) is 0 Å². The quantitative estimate of drug-likeness (QED) is 0.926. The van der Waals surface area contributed by atoms with Crippen LogP contribution in [0.3, 0.4) is 0 Å². The molecule has 1 aliphatic carbocycles. The first-order chi connectivity index (χ1) is 10.2. The van der Waals surface area contributed by atoms with Gasteiger partial charge < -0.3 is 5.32 Å². The standard InChI is InChI=1S/C18H23N3/c1-4-9-19-17-12(2)13(3)20-18(21-17)16-10-14-7-5-6-8-15(14)11-16/h5-8,16H,4,9-11H2,1-3H3,(H,19,20,21). The maximum absolute atomic E-state index is 4.81. The van der Waals surface area contributed by atoms with Crippen LogP contribution in [0.4, 0.5) is 5.82 Å². The lowest BCUT2D eigenvalue weighted by Crippen LogP contribution is -2.12. The van der Waals surface area contributed by atoms with E-state index in [2.05, 4.69) is 50.4 Å². The Bertz CT molecular complexity index is 624. The van der Waals surface area contributed by atoms with Gasteiger partial charge in [-0.05, 0) is 44.2 Å². The van der Waals surface area contributed by atoms with Gasteiger partial charge in [0.15, 0.2) is 0 Å². The Balaban J connectivity index is 1.88. The van der Waals surface area contributed by atoms with Gasteiger partial charge in [0.1, 0.15) is 11.6 Å². The Morgan fingerprint density at radius 1 is 1.10 bits per heavy atom. The zero-order chi connectivity index (χ0) is 14.8. The van der Waals surface area contributed by atoms with Crippen LogP contribution in [0.5, 0.6) is 0 Å². The molecule has 2 aromatic rings. The lowest BCUT2D eigenvalue weighted by atomic mass is 10.1. The highest BCUT2D eigenvalue weighted by molar-refractivity contribution is 5.46. The van der Waals surface area contributed by atoms with Crippen LogP contribution >= 0.6 is 0 Å². The molecule has 3 nitrogen and oxygen atoms in total. The van der Waals surface area contributed by atoms with Crippen LogP contribution in [0.25, 0.3) is 0 Å². The number of nitrogens with zero attached hydrogens (tertiary/aromatic N) is 2. The van der Waals surface area contributed by atoms with Crippen LogP contribution in [-0.2, 0) is 12.8 Å². The summed E-state index contributed by atoms with van der Waals surface area (Å²) < 4.78 is 0. The summed E-state index contributed by atoms with van der Waals surface area (Å²) in [5.74, 6) is 2.42. The summed E-state index contributed by atoms with van der Waals surface area (Å²) in [6.45, 7) is 7.31. The summed E-state index contributed by atoms with van der Waals surface area (Å²) >= 11 is 0. The van der Waals surface area contributed by atoms with E-state index in [1.807, 2.05) is 0 Å². The molecule has 0 atom stereocenters. The number of rotatable bonds is 4. The number of hydrogen-bond acceptors (Lipinski definition) is 3. The molecule has 1 N–H and O–H groups in total. The molecule has 3 heteroatoms. The second kappa shape index (κ2) is 5.84. The summed E-state index contributed by atoms with van der Waals surface area (Å²) in [4.78, 5) is 9.57. The first-order valence-electron chi connectivity index (χ1n) is 7.84. The molecule has 0 unspecified atom stereocenters. The van der Waals surface area contributed by atoms with E-state index in [1.165, 1.54) is 16.7 Å². The fraction of sp³-hybridized carbons (Fsp3) is 0.444. The zero-order valence-electron chi connectivity index (χ0n) is 13.1. The summed E-state index contributed by atoms with van der Waals surface area (Å²) in [5, 5.41) is 3.44. The molecular formula is C18H23N3. The van der Waals surface area contributed by atoms with Gasteiger partial charge in [0.25, 0.3) is 0 Å². The van der Waals surface area contributed by atoms with Gasteiger partial charge in [0, 0.05) is 23.7 Å². The van der Waals surface area contributed by atoms with Crippen molar-refractivity contribution in [3.8, 4) is 0 Å². The average molecular weight is 281 g/mol. The van der Waals surface area contributed by atoms with Crippen molar-refractivity contribution in [1.29, 1.82) is 0 Å². The van der Waals surface area contributed by atoms with Gasteiger partial charge in [-0.25, -0.2) is 9.97 Å². The van der Waals surface area contributed by atoms with Gasteiger partial charge in [-0.2, -0.15) is 0 Å². The number of aromatic nitrogens is 2. The molecule has 1 aromatic heterocycles. The molecule has 0 amide bonds. The molecule has 1 aromatic carbocycles. The summed E-state index contributed by atoms with van der Waals surface area (Å²) in [6, 6.07) is 8.70. The van der Waals surface area contributed by atoms with E-state index in [1.54, 1.807) is 0 Å². The smallest absolute Gasteiger partial charge is 0.134 e. The maximum Gasteiger partial charge on any atom is 0.134 e. The van der Waals surface area contributed by atoms with Crippen LogP contribution in [0.2, 0.25) is 0 Å². The molecule has 0 saturated carbocycles. The molecule has 3 rings (SSSR count). The summed E-state index contributed by atoms with van der Waals surface area (Å²) in [5.41, 5.74) is 5.16. The van der Waals surface area contributed by atoms with Gasteiger partial charge in [0.2, 0.25) is 0 Å². The number of aryl methyl sites for hydroxylation is 1. The minimum absolute atomic E-state index is 0.420. The fourth-order valence-electron chi connectivity index (χ4n) is 2.99. The molecule has 0 bridgehead atoms. The van der Waals surface area contributed by atoms with Crippen molar-refractivity contribution in [1.82, 2.24) is 9.97 Å². The number of anilines is 1. The van der Waals surface area contributed by atoms with Crippen molar-refractivity contribution in [2.45, 2.75) is 46.0 Å². The topological polar surface area (TPSA) is 37.8 Å². The molecular weight excluding hydrogens is 258 g/mol. The first-order valence-corrected chi connectivity index (χ1v) is 7.84. The lowest BCUT2D eigenvalue weighted by molar-refractivity contribution is 0.676.